The fourth-order valence-electron chi connectivity index (χ4n) is 3.60. The average molecular weight is 508 g/mol. The molecule has 2 aromatic carbocycles. The van der Waals surface area contributed by atoms with Crippen LogP contribution in [-0.2, 0) is 20.5 Å². The summed E-state index contributed by atoms with van der Waals surface area (Å²) in [6.07, 6.45) is -4.23. The number of anilines is 1. The Balaban J connectivity index is 1.21. The summed E-state index contributed by atoms with van der Waals surface area (Å²) >= 11 is 5.97. The smallest absolute Gasteiger partial charge is 0.416 e. The molecule has 0 aliphatic carbocycles. The van der Waals surface area contributed by atoms with Crippen LogP contribution in [0.5, 0.6) is 5.75 Å². The molecule has 2 atom stereocenters. The molecular formula is C24H21ClF3N3O4. The lowest BCUT2D eigenvalue weighted by Gasteiger charge is -2.28. The topological polar surface area (TPSA) is 89.5 Å². The highest BCUT2D eigenvalue weighted by Gasteiger charge is 2.30. The van der Waals surface area contributed by atoms with Crippen LogP contribution < -0.4 is 15.4 Å². The Hall–Kier alpha value is -3.37. The molecule has 0 bridgehead atoms. The van der Waals surface area contributed by atoms with E-state index in [1.807, 2.05) is 6.07 Å². The SMILES string of the molecule is O=C(COc1ccc(C(F)(F)F)cc1)N[C@@H]1CC[C@@H](C(=O)Nc2ccc3cc(Cl)ccc3n2)OC1. The number of benzene rings is 2. The van der Waals surface area contributed by atoms with E-state index in [9.17, 15) is 22.8 Å². The first-order chi connectivity index (χ1) is 16.7. The second kappa shape index (κ2) is 10.5. The van der Waals surface area contributed by atoms with Crippen LogP contribution in [-0.4, -0.2) is 42.2 Å². The normalized spacial score (nSPS) is 18.2. The van der Waals surface area contributed by atoms with Crippen LogP contribution in [0.1, 0.15) is 18.4 Å². The van der Waals surface area contributed by atoms with Gasteiger partial charge in [-0.2, -0.15) is 13.2 Å². The molecule has 7 nitrogen and oxygen atoms in total. The number of rotatable bonds is 6. The molecule has 1 fully saturated rings. The van der Waals surface area contributed by atoms with Gasteiger partial charge in [-0.05, 0) is 67.4 Å². The highest BCUT2D eigenvalue weighted by atomic mass is 35.5. The summed E-state index contributed by atoms with van der Waals surface area (Å²) in [7, 11) is 0. The summed E-state index contributed by atoms with van der Waals surface area (Å²) in [5, 5.41) is 6.92. The van der Waals surface area contributed by atoms with E-state index < -0.39 is 23.8 Å². The Kier molecular flexibility index (Phi) is 7.42. The molecule has 11 heteroatoms. The molecule has 4 rings (SSSR count). The van der Waals surface area contributed by atoms with Gasteiger partial charge in [-0.25, -0.2) is 4.98 Å². The van der Waals surface area contributed by atoms with Gasteiger partial charge in [0.15, 0.2) is 6.61 Å². The number of pyridine rings is 1. The van der Waals surface area contributed by atoms with E-state index in [0.717, 1.165) is 29.7 Å². The zero-order valence-electron chi connectivity index (χ0n) is 18.3. The summed E-state index contributed by atoms with van der Waals surface area (Å²) in [4.78, 5) is 29.1. The van der Waals surface area contributed by atoms with Gasteiger partial charge in [0.25, 0.3) is 11.8 Å². The molecule has 2 N–H and O–H groups in total. The van der Waals surface area contributed by atoms with Gasteiger partial charge in [-0.1, -0.05) is 11.6 Å². The minimum atomic E-state index is -4.44. The molecule has 0 radical (unpaired) electrons. The van der Waals surface area contributed by atoms with Crippen molar-refractivity contribution in [3.63, 3.8) is 0 Å². The fraction of sp³-hybridized carbons (Fsp3) is 0.292. The molecule has 2 amide bonds. The predicted octanol–water partition coefficient (Wildman–Crippen LogP) is 4.59. The number of hydrogen-bond acceptors (Lipinski definition) is 5. The Morgan fingerprint density at radius 2 is 1.86 bits per heavy atom. The van der Waals surface area contributed by atoms with Gasteiger partial charge in [0.1, 0.15) is 17.7 Å². The van der Waals surface area contributed by atoms with E-state index in [1.165, 1.54) is 0 Å². The molecule has 35 heavy (non-hydrogen) atoms. The average Bonchev–Trinajstić information content (AvgIpc) is 2.83. The van der Waals surface area contributed by atoms with E-state index in [4.69, 9.17) is 21.1 Å². The Labute approximate surface area is 203 Å². The highest BCUT2D eigenvalue weighted by molar-refractivity contribution is 6.31. The third-order valence-electron chi connectivity index (χ3n) is 5.39. The van der Waals surface area contributed by atoms with Crippen LogP contribution in [0, 0.1) is 0 Å². The van der Waals surface area contributed by atoms with Crippen molar-refractivity contribution in [1.29, 1.82) is 0 Å². The van der Waals surface area contributed by atoms with Gasteiger partial charge in [0.2, 0.25) is 0 Å². The van der Waals surface area contributed by atoms with Crippen LogP contribution in [0.3, 0.4) is 0 Å². The second-order valence-electron chi connectivity index (χ2n) is 8.00. The monoisotopic (exact) mass is 507 g/mol. The van der Waals surface area contributed by atoms with Crippen molar-refractivity contribution >= 4 is 40.1 Å². The molecule has 1 aliphatic rings. The molecule has 1 aromatic heterocycles. The molecule has 2 heterocycles. The van der Waals surface area contributed by atoms with Crippen molar-refractivity contribution in [2.75, 3.05) is 18.5 Å². The first-order valence-corrected chi connectivity index (χ1v) is 11.1. The second-order valence-corrected chi connectivity index (χ2v) is 8.43. The number of alkyl halides is 3. The molecular weight excluding hydrogens is 487 g/mol. The van der Waals surface area contributed by atoms with Crippen LogP contribution in [0.4, 0.5) is 19.0 Å². The van der Waals surface area contributed by atoms with Crippen molar-refractivity contribution in [1.82, 2.24) is 10.3 Å². The van der Waals surface area contributed by atoms with Crippen molar-refractivity contribution in [2.45, 2.75) is 31.2 Å². The number of ether oxygens (including phenoxy) is 2. The highest BCUT2D eigenvalue weighted by Crippen LogP contribution is 2.30. The lowest BCUT2D eigenvalue weighted by molar-refractivity contribution is -0.137. The van der Waals surface area contributed by atoms with Gasteiger partial charge < -0.3 is 20.1 Å². The third kappa shape index (κ3) is 6.61. The number of halogens is 4. The number of carbonyl (C=O) groups excluding carboxylic acids is 2. The van der Waals surface area contributed by atoms with Crippen LogP contribution >= 0.6 is 11.6 Å². The minimum Gasteiger partial charge on any atom is -0.484 e. The number of fused-ring (bicyclic) bond motifs is 1. The summed E-state index contributed by atoms with van der Waals surface area (Å²) in [5.74, 6) is -0.234. The third-order valence-corrected chi connectivity index (χ3v) is 5.62. The van der Waals surface area contributed by atoms with E-state index in [-0.39, 0.29) is 30.9 Å². The molecule has 1 aliphatic heterocycles. The number of nitrogens with one attached hydrogen (secondary N) is 2. The van der Waals surface area contributed by atoms with Crippen LogP contribution in [0.2, 0.25) is 5.02 Å². The van der Waals surface area contributed by atoms with Crippen molar-refractivity contribution in [2.24, 2.45) is 0 Å². The first kappa shape index (κ1) is 24.7. The van der Waals surface area contributed by atoms with Crippen molar-refractivity contribution in [3.05, 3.63) is 65.2 Å². The first-order valence-electron chi connectivity index (χ1n) is 10.8. The Morgan fingerprint density at radius 3 is 2.54 bits per heavy atom. The van der Waals surface area contributed by atoms with Crippen molar-refractivity contribution < 1.29 is 32.2 Å². The van der Waals surface area contributed by atoms with E-state index >= 15 is 0 Å². The number of nitrogens with zero attached hydrogens (tertiary/aromatic N) is 1. The van der Waals surface area contributed by atoms with E-state index in [1.54, 1.807) is 24.3 Å². The largest absolute Gasteiger partial charge is 0.484 e. The predicted molar refractivity (Wildman–Crippen MR) is 123 cm³/mol. The Morgan fingerprint density at radius 1 is 1.09 bits per heavy atom. The fourth-order valence-corrected chi connectivity index (χ4v) is 3.78. The Bertz CT molecular complexity index is 1210. The van der Waals surface area contributed by atoms with Crippen LogP contribution in [0.25, 0.3) is 10.9 Å². The summed E-state index contributed by atoms with van der Waals surface area (Å²) in [6.45, 7) is -0.224. The van der Waals surface area contributed by atoms with E-state index in [2.05, 4.69) is 15.6 Å². The molecule has 3 aromatic rings. The molecule has 1 saturated heterocycles. The van der Waals surface area contributed by atoms with Crippen molar-refractivity contribution in [3.8, 4) is 5.75 Å². The maximum absolute atomic E-state index is 12.6. The number of carbonyl (C=O) groups is 2. The zero-order chi connectivity index (χ0) is 25.0. The molecule has 0 saturated carbocycles. The summed E-state index contributed by atoms with van der Waals surface area (Å²) < 4.78 is 48.7. The van der Waals surface area contributed by atoms with Crippen LogP contribution in [0.15, 0.2) is 54.6 Å². The van der Waals surface area contributed by atoms with Gasteiger partial charge >= 0.3 is 6.18 Å². The molecule has 0 unspecified atom stereocenters. The maximum Gasteiger partial charge on any atom is 0.416 e. The van der Waals surface area contributed by atoms with Gasteiger partial charge in [-0.15, -0.1) is 0 Å². The quantitative estimate of drug-likeness (QED) is 0.509. The maximum atomic E-state index is 12.6. The number of hydrogen-bond donors (Lipinski definition) is 2. The van der Waals surface area contributed by atoms with Gasteiger partial charge in [-0.3, -0.25) is 9.59 Å². The molecule has 184 valence electrons. The van der Waals surface area contributed by atoms with Gasteiger partial charge in [0.05, 0.1) is 23.7 Å². The molecule has 0 spiro atoms. The number of amides is 2. The lowest BCUT2D eigenvalue weighted by Crippen LogP contribution is -2.47. The number of aromatic nitrogens is 1. The minimum absolute atomic E-state index is 0.133. The zero-order valence-corrected chi connectivity index (χ0v) is 19.0. The van der Waals surface area contributed by atoms with Gasteiger partial charge in [0, 0.05) is 10.4 Å². The van der Waals surface area contributed by atoms with E-state index in [0.29, 0.717) is 29.2 Å². The summed E-state index contributed by atoms with van der Waals surface area (Å²) in [5.41, 5.74) is -0.105. The lowest BCUT2D eigenvalue weighted by atomic mass is 10.0. The summed E-state index contributed by atoms with van der Waals surface area (Å²) in [6, 6.07) is 12.5. The standard InChI is InChI=1S/C24H21ClF3N3O4/c25-16-4-8-19-14(11-16)1-10-21(30-19)31-23(33)20-9-5-17(12-35-20)29-22(32)13-34-18-6-2-15(3-7-18)24(26,27)28/h1-4,6-8,10-11,17,20H,5,9,12-13H2,(H,29,32)(H,30,31,33)/t17-,20+/m1/s1.